The van der Waals surface area contributed by atoms with Gasteiger partial charge in [0, 0.05) is 42.0 Å². The molecular formula is C26H36N4O. The molecule has 0 unspecified atom stereocenters. The molecule has 4 rings (SSSR count). The minimum atomic E-state index is 0.111. The Balaban J connectivity index is 1.38. The largest absolute Gasteiger partial charge is 0.353 e. The van der Waals surface area contributed by atoms with Gasteiger partial charge in [-0.1, -0.05) is 43.5 Å². The van der Waals surface area contributed by atoms with Crippen molar-refractivity contribution >= 4 is 5.91 Å². The Bertz CT molecular complexity index is 896. The molecule has 2 aromatic rings. The van der Waals surface area contributed by atoms with Gasteiger partial charge in [-0.05, 0) is 57.7 Å². The van der Waals surface area contributed by atoms with Gasteiger partial charge in [0.2, 0.25) is 5.91 Å². The van der Waals surface area contributed by atoms with E-state index in [1.807, 2.05) is 13.8 Å². The van der Waals surface area contributed by atoms with E-state index in [-0.39, 0.29) is 5.91 Å². The topological polar surface area (TPSA) is 58.1 Å². The monoisotopic (exact) mass is 420 g/mol. The molecule has 5 heteroatoms. The Hall–Kier alpha value is -2.27. The number of aryl methyl sites for hydroxylation is 3. The van der Waals surface area contributed by atoms with Crippen LogP contribution in [-0.2, 0) is 17.8 Å². The second-order valence-corrected chi connectivity index (χ2v) is 9.46. The molecular weight excluding hydrogens is 384 g/mol. The lowest BCUT2D eigenvalue weighted by atomic mass is 9.95. The second kappa shape index (κ2) is 9.90. The lowest BCUT2D eigenvalue weighted by molar-refractivity contribution is -0.121. The van der Waals surface area contributed by atoms with Crippen LogP contribution in [0.4, 0.5) is 0 Å². The number of aromatic nitrogens is 2. The molecule has 1 aliphatic carbocycles. The first-order valence-electron chi connectivity index (χ1n) is 11.9. The SMILES string of the molecule is Cc1ccccc1CN1CC[C@H](c2nc(C)c(CC(=O)NC3CCCCC3)c(C)n2)C1. The van der Waals surface area contributed by atoms with Gasteiger partial charge in [0.1, 0.15) is 5.82 Å². The van der Waals surface area contributed by atoms with Crippen molar-refractivity contribution in [2.45, 2.75) is 84.2 Å². The highest BCUT2D eigenvalue weighted by Crippen LogP contribution is 2.28. The summed E-state index contributed by atoms with van der Waals surface area (Å²) in [6.07, 6.45) is 7.44. The zero-order valence-corrected chi connectivity index (χ0v) is 19.3. The predicted molar refractivity (Wildman–Crippen MR) is 124 cm³/mol. The predicted octanol–water partition coefficient (Wildman–Crippen LogP) is 4.38. The Kier molecular flexibility index (Phi) is 7.01. The number of benzene rings is 1. The van der Waals surface area contributed by atoms with E-state index in [1.165, 1.54) is 30.4 Å². The van der Waals surface area contributed by atoms with Crippen molar-refractivity contribution < 1.29 is 4.79 Å². The fourth-order valence-electron chi connectivity index (χ4n) is 5.11. The van der Waals surface area contributed by atoms with E-state index in [2.05, 4.69) is 41.4 Å². The molecule has 2 heterocycles. The summed E-state index contributed by atoms with van der Waals surface area (Å²) in [6, 6.07) is 8.97. The van der Waals surface area contributed by atoms with Gasteiger partial charge in [-0.3, -0.25) is 9.69 Å². The summed E-state index contributed by atoms with van der Waals surface area (Å²) >= 11 is 0. The van der Waals surface area contributed by atoms with Gasteiger partial charge < -0.3 is 5.32 Å². The molecule has 0 spiro atoms. The lowest BCUT2D eigenvalue weighted by Gasteiger charge is -2.23. The van der Waals surface area contributed by atoms with Crippen LogP contribution >= 0.6 is 0 Å². The number of likely N-dealkylation sites (tertiary alicyclic amines) is 1. The van der Waals surface area contributed by atoms with Gasteiger partial charge in [0.25, 0.3) is 0 Å². The van der Waals surface area contributed by atoms with Gasteiger partial charge in [0.15, 0.2) is 0 Å². The molecule has 31 heavy (non-hydrogen) atoms. The molecule has 1 N–H and O–H groups in total. The molecule has 166 valence electrons. The van der Waals surface area contributed by atoms with Crippen molar-refractivity contribution in [2.24, 2.45) is 0 Å². The zero-order chi connectivity index (χ0) is 21.8. The van der Waals surface area contributed by atoms with E-state index in [4.69, 9.17) is 9.97 Å². The van der Waals surface area contributed by atoms with Gasteiger partial charge in [-0.2, -0.15) is 0 Å². The Morgan fingerprint density at radius 3 is 2.45 bits per heavy atom. The highest BCUT2D eigenvalue weighted by Gasteiger charge is 2.27. The molecule has 5 nitrogen and oxygen atoms in total. The number of hydrogen-bond donors (Lipinski definition) is 1. The van der Waals surface area contributed by atoms with Crippen LogP contribution in [0.3, 0.4) is 0 Å². The van der Waals surface area contributed by atoms with Crippen LogP contribution in [0.15, 0.2) is 24.3 Å². The summed E-state index contributed by atoms with van der Waals surface area (Å²) in [5, 5.41) is 3.22. The normalized spacial score (nSPS) is 20.2. The van der Waals surface area contributed by atoms with E-state index < -0.39 is 0 Å². The summed E-state index contributed by atoms with van der Waals surface area (Å²) < 4.78 is 0. The van der Waals surface area contributed by atoms with Crippen LogP contribution in [0.2, 0.25) is 0 Å². The van der Waals surface area contributed by atoms with Gasteiger partial charge >= 0.3 is 0 Å². The maximum atomic E-state index is 12.6. The number of rotatable bonds is 6. The second-order valence-electron chi connectivity index (χ2n) is 9.46. The van der Waals surface area contributed by atoms with Crippen molar-refractivity contribution in [1.29, 1.82) is 0 Å². The lowest BCUT2D eigenvalue weighted by Crippen LogP contribution is -2.37. The molecule has 0 bridgehead atoms. The fourth-order valence-corrected chi connectivity index (χ4v) is 5.11. The first-order valence-corrected chi connectivity index (χ1v) is 11.9. The smallest absolute Gasteiger partial charge is 0.224 e. The quantitative estimate of drug-likeness (QED) is 0.753. The third-order valence-electron chi connectivity index (χ3n) is 7.04. The minimum absolute atomic E-state index is 0.111. The number of nitrogens with zero attached hydrogens (tertiary/aromatic N) is 3. The Labute approximate surface area is 186 Å². The van der Waals surface area contributed by atoms with Crippen LogP contribution in [-0.4, -0.2) is 39.9 Å². The standard InChI is InChI=1S/C26H36N4O/c1-18-9-7-8-10-21(18)16-30-14-13-22(17-30)26-27-19(2)24(20(3)28-26)15-25(31)29-23-11-5-4-6-12-23/h7-10,22-23H,4-6,11-17H2,1-3H3,(H,29,31)/t22-/m0/s1. The number of carbonyl (C=O) groups excluding carboxylic acids is 1. The van der Waals surface area contributed by atoms with Gasteiger partial charge in [0.05, 0.1) is 6.42 Å². The zero-order valence-electron chi connectivity index (χ0n) is 19.3. The molecule has 2 fully saturated rings. The highest BCUT2D eigenvalue weighted by molar-refractivity contribution is 5.79. The van der Waals surface area contributed by atoms with Crippen molar-refractivity contribution in [2.75, 3.05) is 13.1 Å². The van der Waals surface area contributed by atoms with Crippen molar-refractivity contribution in [1.82, 2.24) is 20.2 Å². The summed E-state index contributed by atoms with van der Waals surface area (Å²) in [5.74, 6) is 1.42. The molecule has 1 atom stereocenters. The number of hydrogen-bond acceptors (Lipinski definition) is 4. The maximum Gasteiger partial charge on any atom is 0.224 e. The number of amides is 1. The van der Waals surface area contributed by atoms with E-state index in [1.54, 1.807) is 0 Å². The van der Waals surface area contributed by atoms with Crippen molar-refractivity contribution in [3.05, 3.63) is 58.2 Å². The first kappa shape index (κ1) is 21.9. The van der Waals surface area contributed by atoms with Gasteiger partial charge in [-0.15, -0.1) is 0 Å². The molecule has 1 saturated heterocycles. The molecule has 2 aliphatic rings. The average molecular weight is 421 g/mol. The Morgan fingerprint density at radius 2 is 1.74 bits per heavy atom. The van der Waals surface area contributed by atoms with Crippen molar-refractivity contribution in [3.8, 4) is 0 Å². The summed E-state index contributed by atoms with van der Waals surface area (Å²) in [5.41, 5.74) is 5.66. The molecule has 1 amide bonds. The highest BCUT2D eigenvalue weighted by atomic mass is 16.1. The average Bonchev–Trinajstić information content (AvgIpc) is 3.22. The summed E-state index contributed by atoms with van der Waals surface area (Å²) in [4.78, 5) is 24.8. The summed E-state index contributed by atoms with van der Waals surface area (Å²) in [7, 11) is 0. The van der Waals surface area contributed by atoms with Crippen LogP contribution in [0, 0.1) is 20.8 Å². The molecule has 1 saturated carbocycles. The molecule has 1 aliphatic heterocycles. The van der Waals surface area contributed by atoms with E-state index in [9.17, 15) is 4.79 Å². The molecule has 0 radical (unpaired) electrons. The minimum Gasteiger partial charge on any atom is -0.353 e. The fraction of sp³-hybridized carbons (Fsp3) is 0.577. The summed E-state index contributed by atoms with van der Waals surface area (Å²) in [6.45, 7) is 9.30. The third-order valence-corrected chi connectivity index (χ3v) is 7.04. The molecule has 1 aromatic heterocycles. The molecule has 1 aromatic carbocycles. The number of carbonyl (C=O) groups is 1. The van der Waals surface area contributed by atoms with Gasteiger partial charge in [-0.25, -0.2) is 9.97 Å². The first-order chi connectivity index (χ1) is 15.0. The number of nitrogens with one attached hydrogen (secondary N) is 1. The third kappa shape index (κ3) is 5.51. The maximum absolute atomic E-state index is 12.6. The van der Waals surface area contributed by atoms with Crippen LogP contribution in [0.5, 0.6) is 0 Å². The van der Waals surface area contributed by atoms with Crippen LogP contribution in [0.25, 0.3) is 0 Å². The van der Waals surface area contributed by atoms with Crippen LogP contribution in [0.1, 0.15) is 78.3 Å². The van der Waals surface area contributed by atoms with E-state index in [0.29, 0.717) is 18.4 Å². The van der Waals surface area contributed by atoms with E-state index in [0.717, 1.165) is 61.7 Å². The van der Waals surface area contributed by atoms with Crippen LogP contribution < -0.4 is 5.32 Å². The Morgan fingerprint density at radius 1 is 1.03 bits per heavy atom. The van der Waals surface area contributed by atoms with E-state index >= 15 is 0 Å². The van der Waals surface area contributed by atoms with Crippen molar-refractivity contribution in [3.63, 3.8) is 0 Å².